The Kier molecular flexibility index (Phi) is 3.28. The molecule has 1 unspecified atom stereocenters. The molecule has 0 fully saturated rings. The highest BCUT2D eigenvalue weighted by molar-refractivity contribution is 7.17. The Balaban J connectivity index is 2.18. The summed E-state index contributed by atoms with van der Waals surface area (Å²) in [5.41, 5.74) is 2.24. The molecule has 0 aromatic carbocycles. The van der Waals surface area contributed by atoms with Gasteiger partial charge in [0, 0.05) is 24.2 Å². The van der Waals surface area contributed by atoms with Crippen LogP contribution in [0.15, 0.2) is 6.20 Å². The summed E-state index contributed by atoms with van der Waals surface area (Å²) in [6, 6.07) is 0. The van der Waals surface area contributed by atoms with E-state index in [1.807, 2.05) is 6.92 Å². The molecule has 4 nitrogen and oxygen atoms in total. The number of rotatable bonds is 4. The smallest absolute Gasteiger partial charge is 0.194 e. The van der Waals surface area contributed by atoms with Gasteiger partial charge in [0.2, 0.25) is 0 Å². The van der Waals surface area contributed by atoms with E-state index in [0.717, 1.165) is 17.2 Å². The Labute approximate surface area is 98.9 Å². The lowest BCUT2D eigenvalue weighted by atomic mass is 10.3. The van der Waals surface area contributed by atoms with Gasteiger partial charge in [0.05, 0.1) is 17.5 Å². The van der Waals surface area contributed by atoms with Crippen molar-refractivity contribution in [3.8, 4) is 0 Å². The molecule has 0 aliphatic carbocycles. The van der Waals surface area contributed by atoms with E-state index in [-0.39, 0.29) is 6.10 Å². The van der Waals surface area contributed by atoms with E-state index in [9.17, 15) is 5.11 Å². The molecule has 0 spiro atoms. The van der Waals surface area contributed by atoms with Crippen LogP contribution < -0.4 is 5.32 Å². The summed E-state index contributed by atoms with van der Waals surface area (Å²) < 4.78 is 2.13. The number of fused-ring (bicyclic) bond motifs is 1. The van der Waals surface area contributed by atoms with E-state index in [0.29, 0.717) is 6.54 Å². The molecule has 16 heavy (non-hydrogen) atoms. The van der Waals surface area contributed by atoms with E-state index in [1.165, 1.54) is 10.6 Å². The lowest BCUT2D eigenvalue weighted by Crippen LogP contribution is -2.24. The minimum Gasteiger partial charge on any atom is -0.392 e. The van der Waals surface area contributed by atoms with Gasteiger partial charge in [0.25, 0.3) is 0 Å². The van der Waals surface area contributed by atoms with Crippen molar-refractivity contribution >= 4 is 16.3 Å². The second kappa shape index (κ2) is 4.53. The van der Waals surface area contributed by atoms with Crippen molar-refractivity contribution in [1.29, 1.82) is 0 Å². The third kappa shape index (κ3) is 2.26. The van der Waals surface area contributed by atoms with Crippen LogP contribution in [0, 0.1) is 13.8 Å². The topological polar surface area (TPSA) is 49.6 Å². The van der Waals surface area contributed by atoms with Crippen LogP contribution >= 0.6 is 11.3 Å². The highest BCUT2D eigenvalue weighted by Gasteiger charge is 2.10. The molecule has 5 heteroatoms. The summed E-state index contributed by atoms with van der Waals surface area (Å²) in [5.74, 6) is 0. The molecular weight excluding hydrogens is 222 g/mol. The number of aryl methyl sites for hydroxylation is 2. The van der Waals surface area contributed by atoms with Crippen LogP contribution in [-0.2, 0) is 6.54 Å². The molecule has 0 bridgehead atoms. The lowest BCUT2D eigenvalue weighted by Gasteiger charge is -2.06. The first-order valence-electron chi connectivity index (χ1n) is 5.40. The lowest BCUT2D eigenvalue weighted by molar-refractivity contribution is 0.190. The number of aliphatic hydroxyl groups excluding tert-OH is 1. The van der Waals surface area contributed by atoms with E-state index in [4.69, 9.17) is 0 Å². The molecule has 0 saturated heterocycles. The summed E-state index contributed by atoms with van der Waals surface area (Å²) in [4.78, 5) is 6.82. The summed E-state index contributed by atoms with van der Waals surface area (Å²) in [5, 5.41) is 12.4. The van der Waals surface area contributed by atoms with Crippen LogP contribution in [0.3, 0.4) is 0 Å². The van der Waals surface area contributed by atoms with Crippen LogP contribution in [0.1, 0.15) is 23.2 Å². The zero-order valence-corrected chi connectivity index (χ0v) is 10.6. The zero-order valence-electron chi connectivity index (χ0n) is 9.82. The monoisotopic (exact) mass is 239 g/mol. The van der Waals surface area contributed by atoms with E-state index >= 15 is 0 Å². The third-order valence-electron chi connectivity index (χ3n) is 2.47. The molecule has 2 N–H and O–H groups in total. The fourth-order valence-corrected chi connectivity index (χ4v) is 2.61. The zero-order chi connectivity index (χ0) is 11.7. The number of hydrogen-bond donors (Lipinski definition) is 2. The molecule has 2 aromatic heterocycles. The molecule has 0 amide bonds. The van der Waals surface area contributed by atoms with Crippen molar-refractivity contribution in [1.82, 2.24) is 14.7 Å². The molecular formula is C11H17N3OS. The van der Waals surface area contributed by atoms with Crippen molar-refractivity contribution in [2.24, 2.45) is 0 Å². The Bertz CT molecular complexity index is 487. The number of nitrogens with zero attached hydrogens (tertiary/aromatic N) is 2. The number of imidazole rings is 1. The number of thiazole rings is 1. The predicted octanol–water partition coefficient (Wildman–Crippen LogP) is 1.48. The van der Waals surface area contributed by atoms with Gasteiger partial charge < -0.3 is 10.4 Å². The van der Waals surface area contributed by atoms with Crippen molar-refractivity contribution in [2.45, 2.75) is 33.4 Å². The second-order valence-electron chi connectivity index (χ2n) is 4.12. The summed E-state index contributed by atoms with van der Waals surface area (Å²) >= 11 is 1.70. The van der Waals surface area contributed by atoms with Crippen LogP contribution in [-0.4, -0.2) is 27.1 Å². The van der Waals surface area contributed by atoms with Crippen LogP contribution in [0.25, 0.3) is 4.96 Å². The summed E-state index contributed by atoms with van der Waals surface area (Å²) in [6.45, 7) is 7.24. The number of nitrogens with one attached hydrogen (secondary N) is 1. The average molecular weight is 239 g/mol. The van der Waals surface area contributed by atoms with Gasteiger partial charge in [-0.3, -0.25) is 4.40 Å². The van der Waals surface area contributed by atoms with Gasteiger partial charge in [0.1, 0.15) is 0 Å². The fraction of sp³-hybridized carbons (Fsp3) is 0.545. The molecule has 0 saturated carbocycles. The first kappa shape index (κ1) is 11.6. The Morgan fingerprint density at radius 3 is 3.00 bits per heavy atom. The fourth-order valence-electron chi connectivity index (χ4n) is 1.72. The maximum Gasteiger partial charge on any atom is 0.194 e. The van der Waals surface area contributed by atoms with E-state index < -0.39 is 0 Å². The average Bonchev–Trinajstić information content (AvgIpc) is 2.64. The predicted molar refractivity (Wildman–Crippen MR) is 65.9 cm³/mol. The summed E-state index contributed by atoms with van der Waals surface area (Å²) in [6.07, 6.45) is 1.80. The number of aromatic nitrogens is 2. The standard InChI is InChI=1S/C11H17N3OS/c1-7(15)4-12-5-10-9(3)13-11-14(10)6-8(2)16-11/h6-7,12,15H,4-5H2,1-3H3. The first-order valence-corrected chi connectivity index (χ1v) is 6.22. The first-order chi connectivity index (χ1) is 7.58. The second-order valence-corrected chi connectivity index (χ2v) is 5.33. The number of hydrogen-bond acceptors (Lipinski definition) is 4. The SMILES string of the molecule is Cc1cn2c(CNCC(C)O)c(C)nc2s1. The molecule has 2 heterocycles. The van der Waals surface area contributed by atoms with Crippen LogP contribution in [0.2, 0.25) is 0 Å². The van der Waals surface area contributed by atoms with Gasteiger partial charge in [0.15, 0.2) is 4.96 Å². The van der Waals surface area contributed by atoms with Crippen molar-refractivity contribution in [2.75, 3.05) is 6.54 Å². The minimum absolute atomic E-state index is 0.312. The maximum atomic E-state index is 9.18. The van der Waals surface area contributed by atoms with Crippen molar-refractivity contribution in [3.05, 3.63) is 22.5 Å². The van der Waals surface area contributed by atoms with Crippen LogP contribution in [0.4, 0.5) is 0 Å². The van der Waals surface area contributed by atoms with Crippen molar-refractivity contribution < 1.29 is 5.11 Å². The number of aliphatic hydroxyl groups is 1. The molecule has 1 atom stereocenters. The molecule has 2 rings (SSSR count). The maximum absolute atomic E-state index is 9.18. The van der Waals surface area contributed by atoms with E-state index in [2.05, 4.69) is 27.8 Å². The van der Waals surface area contributed by atoms with Crippen LogP contribution in [0.5, 0.6) is 0 Å². The third-order valence-corrected chi connectivity index (χ3v) is 3.37. The quantitative estimate of drug-likeness (QED) is 0.849. The molecule has 2 aromatic rings. The molecule has 0 aliphatic rings. The van der Waals surface area contributed by atoms with E-state index in [1.54, 1.807) is 18.3 Å². The molecule has 88 valence electrons. The Hall–Kier alpha value is -0.910. The largest absolute Gasteiger partial charge is 0.392 e. The van der Waals surface area contributed by atoms with Crippen molar-refractivity contribution in [3.63, 3.8) is 0 Å². The Morgan fingerprint density at radius 2 is 2.31 bits per heavy atom. The highest BCUT2D eigenvalue weighted by atomic mass is 32.1. The van der Waals surface area contributed by atoms with Gasteiger partial charge in [-0.05, 0) is 20.8 Å². The molecule has 0 aliphatic heterocycles. The minimum atomic E-state index is -0.312. The highest BCUT2D eigenvalue weighted by Crippen LogP contribution is 2.20. The summed E-state index contributed by atoms with van der Waals surface area (Å²) in [7, 11) is 0. The van der Waals surface area contributed by atoms with Gasteiger partial charge in [-0.1, -0.05) is 0 Å². The normalized spacial score (nSPS) is 13.5. The Morgan fingerprint density at radius 1 is 1.56 bits per heavy atom. The van der Waals surface area contributed by atoms with Gasteiger partial charge in [-0.2, -0.15) is 0 Å². The van der Waals surface area contributed by atoms with Gasteiger partial charge >= 0.3 is 0 Å². The molecule has 0 radical (unpaired) electrons. The van der Waals surface area contributed by atoms with Gasteiger partial charge in [-0.25, -0.2) is 4.98 Å². The van der Waals surface area contributed by atoms with Gasteiger partial charge in [-0.15, -0.1) is 11.3 Å².